The summed E-state index contributed by atoms with van der Waals surface area (Å²) in [7, 11) is 0. The number of hydrogen-bond acceptors (Lipinski definition) is 6. The van der Waals surface area contributed by atoms with Crippen molar-refractivity contribution in [3.8, 4) is 11.8 Å². The fourth-order valence-electron chi connectivity index (χ4n) is 3.59. The Bertz CT molecular complexity index is 766. The lowest BCUT2D eigenvalue weighted by Gasteiger charge is -2.45. The summed E-state index contributed by atoms with van der Waals surface area (Å²) in [6.07, 6.45) is 0.384. The maximum atomic E-state index is 13.8. The molecule has 2 fully saturated rings. The number of hydrogen-bond donors (Lipinski definition) is 0. The number of fused-ring (bicyclic) bond motifs is 2. The van der Waals surface area contributed by atoms with E-state index in [4.69, 9.17) is 19.5 Å². The van der Waals surface area contributed by atoms with Gasteiger partial charge in [-0.25, -0.2) is 9.18 Å². The molecule has 0 aromatic heterocycles. The Labute approximate surface area is 183 Å². The van der Waals surface area contributed by atoms with Crippen LogP contribution in [-0.2, 0) is 9.47 Å². The van der Waals surface area contributed by atoms with E-state index in [1.165, 1.54) is 18.2 Å². The molecular formula is C21H29ClFN3O4. The first kappa shape index (κ1) is 24.2. The second-order valence-corrected chi connectivity index (χ2v) is 8.48. The van der Waals surface area contributed by atoms with Crippen molar-refractivity contribution in [2.45, 2.75) is 45.0 Å². The van der Waals surface area contributed by atoms with Gasteiger partial charge >= 0.3 is 6.09 Å². The number of halogens is 2. The van der Waals surface area contributed by atoms with Crippen LogP contribution in [0.3, 0.4) is 0 Å². The van der Waals surface area contributed by atoms with Crippen molar-refractivity contribution in [1.82, 2.24) is 9.80 Å². The predicted molar refractivity (Wildman–Crippen MR) is 111 cm³/mol. The van der Waals surface area contributed by atoms with E-state index < -0.39 is 11.4 Å². The normalized spacial score (nSPS) is 21.4. The highest BCUT2D eigenvalue weighted by molar-refractivity contribution is 5.85. The molecule has 0 radical (unpaired) electrons. The summed E-state index contributed by atoms with van der Waals surface area (Å²) in [6.45, 7) is 9.30. The lowest BCUT2D eigenvalue weighted by Crippen LogP contribution is -2.61. The molecule has 2 heterocycles. The van der Waals surface area contributed by atoms with Gasteiger partial charge in [0.2, 0.25) is 0 Å². The van der Waals surface area contributed by atoms with Gasteiger partial charge in [0.05, 0.1) is 43.5 Å². The van der Waals surface area contributed by atoms with Crippen LogP contribution in [0, 0.1) is 17.1 Å². The lowest BCUT2D eigenvalue weighted by molar-refractivity contribution is -0.136. The number of carbonyl (C=O) groups excluding carboxylic acids is 1. The first-order valence-corrected chi connectivity index (χ1v) is 9.91. The molecule has 2 aliphatic heterocycles. The average Bonchev–Trinajstić information content (AvgIpc) is 2.64. The third-order valence-corrected chi connectivity index (χ3v) is 4.75. The van der Waals surface area contributed by atoms with Crippen molar-refractivity contribution in [2.75, 3.05) is 39.3 Å². The second kappa shape index (κ2) is 10.3. The highest BCUT2D eigenvalue weighted by Crippen LogP contribution is 2.22. The van der Waals surface area contributed by atoms with Gasteiger partial charge in [0.1, 0.15) is 5.60 Å². The summed E-state index contributed by atoms with van der Waals surface area (Å²) in [5, 5.41) is 8.77. The zero-order chi connectivity index (χ0) is 21.0. The van der Waals surface area contributed by atoms with Crippen LogP contribution in [0.2, 0.25) is 0 Å². The predicted octanol–water partition coefficient (Wildman–Crippen LogP) is 3.21. The van der Waals surface area contributed by atoms with Gasteiger partial charge in [0, 0.05) is 19.6 Å². The Morgan fingerprint density at radius 2 is 1.93 bits per heavy atom. The van der Waals surface area contributed by atoms with Gasteiger partial charge in [-0.2, -0.15) is 5.26 Å². The number of amides is 1. The molecule has 30 heavy (non-hydrogen) atoms. The summed E-state index contributed by atoms with van der Waals surface area (Å²) in [6, 6.07) is 6.10. The van der Waals surface area contributed by atoms with Crippen LogP contribution in [0.15, 0.2) is 18.2 Å². The maximum absolute atomic E-state index is 13.8. The van der Waals surface area contributed by atoms with Gasteiger partial charge in [-0.05, 0) is 45.4 Å². The van der Waals surface area contributed by atoms with Crippen molar-refractivity contribution in [3.63, 3.8) is 0 Å². The minimum atomic E-state index is -0.521. The summed E-state index contributed by atoms with van der Waals surface area (Å²) in [4.78, 5) is 16.3. The first-order valence-electron chi connectivity index (χ1n) is 9.91. The van der Waals surface area contributed by atoms with Gasteiger partial charge < -0.3 is 19.1 Å². The number of nitrogens with zero attached hydrogens (tertiary/aromatic N) is 3. The monoisotopic (exact) mass is 441 g/mol. The highest BCUT2D eigenvalue weighted by Gasteiger charge is 2.37. The molecule has 2 bridgehead atoms. The quantitative estimate of drug-likeness (QED) is 0.653. The van der Waals surface area contributed by atoms with Crippen LogP contribution >= 0.6 is 12.4 Å². The number of rotatable bonds is 5. The van der Waals surface area contributed by atoms with Crippen LogP contribution < -0.4 is 4.74 Å². The molecule has 3 rings (SSSR count). The summed E-state index contributed by atoms with van der Waals surface area (Å²) >= 11 is 0. The fourth-order valence-corrected chi connectivity index (χ4v) is 3.59. The standard InChI is InChI=1S/C21H28FN3O4.ClH/c1-21(2,3)29-20(26)25-13-16-11-24(12-17(14-25)28-16)7-4-8-27-19-6-5-15(10-23)9-18(19)22;/h5-6,9,16-17H,4,7-8,11-14H2,1-3H3;1H. The van der Waals surface area contributed by atoms with Crippen molar-refractivity contribution >= 4 is 18.5 Å². The number of nitriles is 1. The molecule has 0 N–H and O–H groups in total. The number of carbonyl (C=O) groups is 1. The lowest BCUT2D eigenvalue weighted by atomic mass is 10.1. The Kier molecular flexibility index (Phi) is 8.30. The second-order valence-electron chi connectivity index (χ2n) is 8.48. The van der Waals surface area contributed by atoms with Crippen LogP contribution in [0.5, 0.6) is 5.75 Å². The van der Waals surface area contributed by atoms with Crippen LogP contribution in [-0.4, -0.2) is 73.0 Å². The van der Waals surface area contributed by atoms with Gasteiger partial charge in [0.25, 0.3) is 0 Å². The van der Waals surface area contributed by atoms with Crippen LogP contribution in [0.4, 0.5) is 9.18 Å². The van der Waals surface area contributed by atoms with Crippen LogP contribution in [0.25, 0.3) is 0 Å². The molecule has 166 valence electrons. The minimum Gasteiger partial charge on any atom is -0.490 e. The largest absolute Gasteiger partial charge is 0.490 e. The Balaban J connectivity index is 0.00000320. The molecule has 7 nitrogen and oxygen atoms in total. The van der Waals surface area contributed by atoms with E-state index in [2.05, 4.69) is 4.90 Å². The molecule has 2 saturated heterocycles. The van der Waals surface area contributed by atoms with Gasteiger partial charge in [0.15, 0.2) is 11.6 Å². The molecule has 2 atom stereocenters. The maximum Gasteiger partial charge on any atom is 0.410 e. The molecule has 0 saturated carbocycles. The van der Waals surface area contributed by atoms with E-state index in [1.54, 1.807) is 4.90 Å². The third kappa shape index (κ3) is 6.73. The molecule has 1 amide bonds. The van der Waals surface area contributed by atoms with E-state index >= 15 is 0 Å². The van der Waals surface area contributed by atoms with Crippen molar-refractivity contribution in [3.05, 3.63) is 29.6 Å². The SMILES string of the molecule is CC(C)(C)OC(=O)N1CC2CN(CCCOc3ccc(C#N)cc3F)CC(C1)O2.Cl. The molecule has 1 aromatic carbocycles. The highest BCUT2D eigenvalue weighted by atomic mass is 35.5. The smallest absolute Gasteiger partial charge is 0.410 e. The third-order valence-electron chi connectivity index (χ3n) is 4.75. The Morgan fingerprint density at radius 3 is 2.50 bits per heavy atom. The molecule has 1 aromatic rings. The summed E-state index contributed by atoms with van der Waals surface area (Å²) in [5.41, 5.74) is -0.236. The number of ether oxygens (including phenoxy) is 3. The number of morpholine rings is 2. The van der Waals surface area contributed by atoms with Gasteiger partial charge in [-0.15, -0.1) is 12.4 Å². The molecular weight excluding hydrogens is 413 g/mol. The van der Waals surface area contributed by atoms with Gasteiger partial charge in [-0.1, -0.05) is 0 Å². The van der Waals surface area contributed by atoms with Crippen molar-refractivity contribution < 1.29 is 23.4 Å². The zero-order valence-electron chi connectivity index (χ0n) is 17.6. The van der Waals surface area contributed by atoms with E-state index in [0.29, 0.717) is 19.7 Å². The summed E-state index contributed by atoms with van der Waals surface area (Å²) < 4.78 is 30.8. The Hall–Kier alpha value is -2.08. The van der Waals surface area contributed by atoms with Gasteiger partial charge in [-0.3, -0.25) is 4.90 Å². The number of benzene rings is 1. The molecule has 0 aliphatic carbocycles. The van der Waals surface area contributed by atoms with E-state index in [1.807, 2.05) is 26.8 Å². The van der Waals surface area contributed by atoms with Crippen molar-refractivity contribution in [2.24, 2.45) is 0 Å². The molecule has 0 spiro atoms. The Morgan fingerprint density at radius 1 is 1.27 bits per heavy atom. The molecule has 2 aliphatic rings. The first-order chi connectivity index (χ1) is 13.7. The van der Waals surface area contributed by atoms with Crippen molar-refractivity contribution in [1.29, 1.82) is 5.26 Å². The van der Waals surface area contributed by atoms with E-state index in [9.17, 15) is 9.18 Å². The molecule has 2 unspecified atom stereocenters. The fraction of sp³-hybridized carbons (Fsp3) is 0.619. The van der Waals surface area contributed by atoms with Crippen LogP contribution in [0.1, 0.15) is 32.8 Å². The van der Waals surface area contributed by atoms with E-state index in [-0.39, 0.29) is 42.0 Å². The minimum absolute atomic E-state index is 0. The molecule has 9 heteroatoms. The summed E-state index contributed by atoms with van der Waals surface area (Å²) in [5.74, 6) is -0.358. The zero-order valence-corrected chi connectivity index (χ0v) is 18.4. The topological polar surface area (TPSA) is 75.0 Å². The van der Waals surface area contributed by atoms with E-state index in [0.717, 1.165) is 26.1 Å². The average molecular weight is 442 g/mol.